The van der Waals surface area contributed by atoms with Gasteiger partial charge in [0.25, 0.3) is 0 Å². The maximum atomic E-state index is 11.4. The maximum Gasteiger partial charge on any atom is 0.151 e. The van der Waals surface area contributed by atoms with Gasteiger partial charge < -0.3 is 10.2 Å². The summed E-state index contributed by atoms with van der Waals surface area (Å²) in [5, 5.41) is 3.22. The number of nitrogens with one attached hydrogen (secondary N) is 1. The zero-order valence-electron chi connectivity index (χ0n) is 12.4. The van der Waals surface area contributed by atoms with Crippen molar-refractivity contribution in [1.82, 2.24) is 5.32 Å². The average molecular weight is 296 g/mol. The van der Waals surface area contributed by atoms with Crippen molar-refractivity contribution in [2.75, 3.05) is 36.5 Å². The quantitative estimate of drug-likeness (QED) is 0.810. The summed E-state index contributed by atoms with van der Waals surface area (Å²) in [6, 6.07) is 6.54. The summed E-state index contributed by atoms with van der Waals surface area (Å²) in [5.74, 6) is 0.442. The highest BCUT2D eigenvalue weighted by Crippen LogP contribution is 2.26. The summed E-state index contributed by atoms with van der Waals surface area (Å²) < 4.78 is 22.8. The van der Waals surface area contributed by atoms with Crippen molar-refractivity contribution in [3.8, 4) is 0 Å². The molecule has 0 atom stereocenters. The van der Waals surface area contributed by atoms with Crippen LogP contribution in [0, 0.1) is 0 Å². The van der Waals surface area contributed by atoms with Crippen molar-refractivity contribution in [2.24, 2.45) is 0 Å². The third-order valence-electron chi connectivity index (χ3n) is 3.85. The molecule has 20 heavy (non-hydrogen) atoms. The van der Waals surface area contributed by atoms with Gasteiger partial charge in [0.1, 0.15) is 0 Å². The lowest BCUT2D eigenvalue weighted by Crippen LogP contribution is -2.25. The van der Waals surface area contributed by atoms with Crippen LogP contribution in [0.25, 0.3) is 0 Å². The maximum absolute atomic E-state index is 11.4. The minimum atomic E-state index is -2.86. The van der Waals surface area contributed by atoms with E-state index in [1.165, 1.54) is 23.2 Å². The number of fused-ring (bicyclic) bond motifs is 1. The molecule has 112 valence electrons. The zero-order valence-corrected chi connectivity index (χ0v) is 13.2. The highest BCUT2D eigenvalue weighted by atomic mass is 32.2. The average Bonchev–Trinajstić information content (AvgIpc) is 2.44. The van der Waals surface area contributed by atoms with Gasteiger partial charge in [-0.15, -0.1) is 0 Å². The molecule has 0 saturated carbocycles. The Bertz CT molecular complexity index is 555. The minimum Gasteiger partial charge on any atom is -0.374 e. The minimum absolute atomic E-state index is 0.219. The Morgan fingerprint density at radius 3 is 2.90 bits per heavy atom. The van der Waals surface area contributed by atoms with E-state index < -0.39 is 9.84 Å². The standard InChI is InChI=1S/C15H24N2O2S/c1-3-20(18,19)10-8-16-12-13-6-7-15-14(11-13)5-4-9-17(15)2/h6-7,11,16H,3-5,8-10,12H2,1-2H3. The van der Waals surface area contributed by atoms with Crippen LogP contribution in [0.4, 0.5) is 5.69 Å². The molecule has 1 N–H and O–H groups in total. The summed E-state index contributed by atoms with van der Waals surface area (Å²) >= 11 is 0. The van der Waals surface area contributed by atoms with E-state index in [9.17, 15) is 8.42 Å². The smallest absolute Gasteiger partial charge is 0.151 e. The predicted molar refractivity (Wildman–Crippen MR) is 84.1 cm³/mol. The third kappa shape index (κ3) is 3.96. The van der Waals surface area contributed by atoms with Crippen LogP contribution in [0.3, 0.4) is 0 Å². The molecular weight excluding hydrogens is 272 g/mol. The van der Waals surface area contributed by atoms with Gasteiger partial charge in [0.2, 0.25) is 0 Å². The molecule has 1 heterocycles. The number of nitrogens with zero attached hydrogens (tertiary/aromatic N) is 1. The fourth-order valence-corrected chi connectivity index (χ4v) is 3.30. The van der Waals surface area contributed by atoms with Gasteiger partial charge in [-0.25, -0.2) is 8.42 Å². The summed E-state index contributed by atoms with van der Waals surface area (Å²) in [5.41, 5.74) is 3.96. The molecule has 0 aliphatic carbocycles. The second-order valence-corrected chi connectivity index (χ2v) is 7.87. The summed E-state index contributed by atoms with van der Waals surface area (Å²) in [7, 11) is -0.734. The van der Waals surface area contributed by atoms with Crippen LogP contribution in [0.5, 0.6) is 0 Å². The number of rotatable bonds is 6. The second-order valence-electron chi connectivity index (χ2n) is 5.40. The van der Waals surface area contributed by atoms with Crippen LogP contribution < -0.4 is 10.2 Å². The fourth-order valence-electron chi connectivity index (χ4n) is 2.55. The number of sulfone groups is 1. The molecule has 0 fully saturated rings. The summed E-state index contributed by atoms with van der Waals surface area (Å²) in [6.07, 6.45) is 2.34. The van der Waals surface area contributed by atoms with E-state index in [2.05, 4.69) is 35.5 Å². The molecule has 0 unspecified atom stereocenters. The van der Waals surface area contributed by atoms with Crippen molar-refractivity contribution in [3.05, 3.63) is 29.3 Å². The first-order chi connectivity index (χ1) is 9.52. The summed E-state index contributed by atoms with van der Waals surface area (Å²) in [6.45, 7) is 4.07. The third-order valence-corrected chi connectivity index (χ3v) is 5.56. The van der Waals surface area contributed by atoms with Crippen LogP contribution in [0.1, 0.15) is 24.5 Å². The van der Waals surface area contributed by atoms with Crippen LogP contribution in [0.2, 0.25) is 0 Å². The Balaban J connectivity index is 1.88. The molecule has 0 amide bonds. The first-order valence-corrected chi connectivity index (χ1v) is 9.08. The molecule has 5 heteroatoms. The van der Waals surface area contributed by atoms with Gasteiger partial charge in [0.15, 0.2) is 9.84 Å². The van der Waals surface area contributed by atoms with Crippen LogP contribution >= 0.6 is 0 Å². The molecule has 0 aromatic heterocycles. The van der Waals surface area contributed by atoms with E-state index in [1.807, 2.05) is 0 Å². The molecule has 4 nitrogen and oxygen atoms in total. The van der Waals surface area contributed by atoms with Gasteiger partial charge in [-0.1, -0.05) is 19.1 Å². The molecule has 0 radical (unpaired) electrons. The van der Waals surface area contributed by atoms with E-state index in [4.69, 9.17) is 0 Å². The molecule has 0 saturated heterocycles. The normalized spacial score (nSPS) is 15.2. The highest BCUT2D eigenvalue weighted by molar-refractivity contribution is 7.91. The Kier molecular flexibility index (Phi) is 5.05. The first-order valence-electron chi connectivity index (χ1n) is 7.26. The molecule has 0 spiro atoms. The monoisotopic (exact) mass is 296 g/mol. The molecular formula is C15H24N2O2S. The second kappa shape index (κ2) is 6.59. The topological polar surface area (TPSA) is 49.4 Å². The molecule has 1 aliphatic heterocycles. The lowest BCUT2D eigenvalue weighted by atomic mass is 9.99. The van der Waals surface area contributed by atoms with E-state index in [1.54, 1.807) is 6.92 Å². The molecule has 1 aromatic rings. The number of benzene rings is 1. The Hall–Kier alpha value is -1.07. The van der Waals surface area contributed by atoms with E-state index >= 15 is 0 Å². The number of hydrogen-bond donors (Lipinski definition) is 1. The van der Waals surface area contributed by atoms with Gasteiger partial charge >= 0.3 is 0 Å². The van der Waals surface area contributed by atoms with Gasteiger partial charge in [0.05, 0.1) is 5.75 Å². The Morgan fingerprint density at radius 2 is 2.15 bits per heavy atom. The van der Waals surface area contributed by atoms with E-state index in [-0.39, 0.29) is 11.5 Å². The SMILES string of the molecule is CCS(=O)(=O)CCNCc1ccc2c(c1)CCCN2C. The highest BCUT2D eigenvalue weighted by Gasteiger charge is 2.13. The molecule has 1 aromatic carbocycles. The number of aryl methyl sites for hydroxylation is 1. The van der Waals surface area contributed by atoms with Gasteiger partial charge in [0, 0.05) is 38.1 Å². The van der Waals surface area contributed by atoms with E-state index in [0.29, 0.717) is 6.54 Å². The van der Waals surface area contributed by atoms with Gasteiger partial charge in [-0.2, -0.15) is 0 Å². The van der Waals surface area contributed by atoms with Crippen molar-refractivity contribution >= 4 is 15.5 Å². The predicted octanol–water partition coefficient (Wildman–Crippen LogP) is 1.59. The first kappa shape index (κ1) is 15.3. The van der Waals surface area contributed by atoms with Crippen molar-refractivity contribution in [3.63, 3.8) is 0 Å². The number of hydrogen-bond acceptors (Lipinski definition) is 4. The zero-order chi connectivity index (χ0) is 14.6. The fraction of sp³-hybridized carbons (Fsp3) is 0.600. The molecule has 0 bridgehead atoms. The van der Waals surface area contributed by atoms with Gasteiger partial charge in [-0.3, -0.25) is 0 Å². The van der Waals surface area contributed by atoms with Crippen molar-refractivity contribution in [2.45, 2.75) is 26.3 Å². The molecule has 1 aliphatic rings. The van der Waals surface area contributed by atoms with Crippen LogP contribution in [-0.2, 0) is 22.8 Å². The van der Waals surface area contributed by atoms with Crippen LogP contribution in [0.15, 0.2) is 18.2 Å². The lowest BCUT2D eigenvalue weighted by Gasteiger charge is -2.27. The Labute approximate surface area is 122 Å². The lowest BCUT2D eigenvalue weighted by molar-refractivity contribution is 0.592. The largest absolute Gasteiger partial charge is 0.374 e. The summed E-state index contributed by atoms with van der Waals surface area (Å²) in [4.78, 5) is 2.30. The Morgan fingerprint density at radius 1 is 1.35 bits per heavy atom. The van der Waals surface area contributed by atoms with Crippen LogP contribution in [-0.4, -0.2) is 40.1 Å². The molecule has 2 rings (SSSR count). The number of anilines is 1. The van der Waals surface area contributed by atoms with Crippen molar-refractivity contribution < 1.29 is 8.42 Å². The van der Waals surface area contributed by atoms with E-state index in [0.717, 1.165) is 19.5 Å². The van der Waals surface area contributed by atoms with Gasteiger partial charge in [-0.05, 0) is 30.0 Å². The van der Waals surface area contributed by atoms with Crippen molar-refractivity contribution in [1.29, 1.82) is 0 Å².